The Morgan fingerprint density at radius 2 is 2.00 bits per heavy atom. The van der Waals surface area contributed by atoms with E-state index in [0.29, 0.717) is 17.2 Å². The van der Waals surface area contributed by atoms with Gasteiger partial charge < -0.3 is 10.1 Å². The van der Waals surface area contributed by atoms with Crippen LogP contribution in [0.4, 0.5) is 5.00 Å². The lowest BCUT2D eigenvalue weighted by Gasteiger charge is -2.13. The fraction of sp³-hybridized carbons (Fsp3) is 0.400. The highest BCUT2D eigenvalue weighted by Crippen LogP contribution is 2.40. The molecule has 0 saturated heterocycles. The van der Waals surface area contributed by atoms with Crippen molar-refractivity contribution in [2.75, 3.05) is 11.9 Å². The van der Waals surface area contributed by atoms with E-state index >= 15 is 0 Å². The highest BCUT2D eigenvalue weighted by atomic mass is 32.2. The Morgan fingerprint density at radius 3 is 2.69 bits per heavy atom. The molecule has 1 aliphatic carbocycles. The number of thiophene rings is 1. The number of carbonyl (C=O) groups is 2. The third kappa shape index (κ3) is 4.13. The third-order valence-corrected chi connectivity index (χ3v) is 6.66. The van der Waals surface area contributed by atoms with Gasteiger partial charge in [0.2, 0.25) is 5.91 Å². The van der Waals surface area contributed by atoms with Crippen molar-refractivity contribution in [3.8, 4) is 0 Å². The molecule has 26 heavy (non-hydrogen) atoms. The number of hydrogen-bond donors (Lipinski definition) is 1. The van der Waals surface area contributed by atoms with E-state index in [0.717, 1.165) is 29.7 Å². The largest absolute Gasteiger partial charge is 0.462 e. The van der Waals surface area contributed by atoms with Crippen molar-refractivity contribution in [2.45, 2.75) is 50.2 Å². The lowest BCUT2D eigenvalue weighted by atomic mass is 10.1. The van der Waals surface area contributed by atoms with E-state index in [2.05, 4.69) is 5.32 Å². The summed E-state index contributed by atoms with van der Waals surface area (Å²) >= 11 is 3.03. The molecule has 1 atom stereocenters. The van der Waals surface area contributed by atoms with Crippen molar-refractivity contribution >= 4 is 40.0 Å². The Kier molecular flexibility index (Phi) is 6.04. The van der Waals surface area contributed by atoms with E-state index in [1.807, 2.05) is 38.1 Å². The van der Waals surface area contributed by atoms with Crippen LogP contribution in [0.25, 0.3) is 0 Å². The number of amides is 1. The summed E-state index contributed by atoms with van der Waals surface area (Å²) in [6.07, 6.45) is 2.90. The molecule has 138 valence electrons. The molecular weight excluding hydrogens is 366 g/mol. The Balaban J connectivity index is 1.74. The minimum Gasteiger partial charge on any atom is -0.462 e. The van der Waals surface area contributed by atoms with Crippen LogP contribution in [0.15, 0.2) is 29.2 Å². The molecule has 3 rings (SSSR count). The molecule has 1 heterocycles. The Hall–Kier alpha value is -1.79. The minimum atomic E-state index is -0.332. The van der Waals surface area contributed by atoms with E-state index in [1.165, 1.54) is 33.5 Å². The Labute approximate surface area is 162 Å². The maximum absolute atomic E-state index is 12.7. The van der Waals surface area contributed by atoms with Gasteiger partial charge in [0, 0.05) is 9.77 Å². The summed E-state index contributed by atoms with van der Waals surface area (Å²) in [5, 5.41) is 3.34. The number of hydrogen-bond acceptors (Lipinski definition) is 5. The normalized spacial score (nSPS) is 14.0. The molecule has 0 radical (unpaired) electrons. The maximum Gasteiger partial charge on any atom is 0.341 e. The van der Waals surface area contributed by atoms with Crippen LogP contribution in [-0.2, 0) is 22.4 Å². The van der Waals surface area contributed by atoms with Crippen LogP contribution in [0.3, 0.4) is 0 Å². The van der Waals surface area contributed by atoms with Crippen LogP contribution >= 0.6 is 23.1 Å². The van der Waals surface area contributed by atoms with Gasteiger partial charge in [-0.05, 0) is 57.7 Å². The first kappa shape index (κ1) is 19.0. The molecule has 0 aliphatic heterocycles. The third-order valence-electron chi connectivity index (χ3n) is 4.34. The SMILES string of the molecule is CCOC(=O)c1c(NC(=O)C(C)Sc2ccc(C)cc2)sc2c1CCC2. The van der Waals surface area contributed by atoms with Gasteiger partial charge in [-0.3, -0.25) is 4.79 Å². The number of benzene rings is 1. The molecule has 1 aromatic heterocycles. The maximum atomic E-state index is 12.7. The van der Waals surface area contributed by atoms with Gasteiger partial charge >= 0.3 is 5.97 Å². The van der Waals surface area contributed by atoms with Crippen molar-refractivity contribution in [1.29, 1.82) is 0 Å². The van der Waals surface area contributed by atoms with Gasteiger partial charge in [-0.2, -0.15) is 0 Å². The quantitative estimate of drug-likeness (QED) is 0.567. The van der Waals surface area contributed by atoms with Crippen LogP contribution in [0.5, 0.6) is 0 Å². The number of aryl methyl sites for hydroxylation is 2. The summed E-state index contributed by atoms with van der Waals surface area (Å²) in [7, 11) is 0. The lowest BCUT2D eigenvalue weighted by molar-refractivity contribution is -0.115. The van der Waals surface area contributed by atoms with Crippen LogP contribution in [0, 0.1) is 6.92 Å². The standard InChI is InChI=1S/C20H23NO3S2/c1-4-24-20(23)17-15-6-5-7-16(15)26-19(17)21-18(22)13(3)25-14-10-8-12(2)9-11-14/h8-11,13H,4-7H2,1-3H3,(H,21,22). The Bertz CT molecular complexity index is 811. The summed E-state index contributed by atoms with van der Waals surface area (Å²) < 4.78 is 5.21. The monoisotopic (exact) mass is 389 g/mol. The molecule has 1 unspecified atom stereocenters. The summed E-state index contributed by atoms with van der Waals surface area (Å²) in [5.74, 6) is -0.429. The van der Waals surface area contributed by atoms with Crippen molar-refractivity contribution in [3.05, 3.63) is 45.8 Å². The molecule has 0 bridgehead atoms. The number of carbonyl (C=O) groups excluding carboxylic acids is 2. The minimum absolute atomic E-state index is 0.0963. The molecule has 1 amide bonds. The lowest BCUT2D eigenvalue weighted by Crippen LogP contribution is -2.23. The van der Waals surface area contributed by atoms with Crippen molar-refractivity contribution < 1.29 is 14.3 Å². The van der Waals surface area contributed by atoms with Gasteiger partial charge in [0.05, 0.1) is 17.4 Å². The first-order valence-electron chi connectivity index (χ1n) is 8.85. The van der Waals surface area contributed by atoms with Gasteiger partial charge in [-0.25, -0.2) is 4.79 Å². The molecule has 6 heteroatoms. The summed E-state index contributed by atoms with van der Waals surface area (Å²) in [6.45, 7) is 6.04. The van der Waals surface area contributed by atoms with E-state index < -0.39 is 0 Å². The van der Waals surface area contributed by atoms with Gasteiger partial charge in [-0.15, -0.1) is 23.1 Å². The molecule has 1 N–H and O–H groups in total. The van der Waals surface area contributed by atoms with Crippen molar-refractivity contribution in [2.24, 2.45) is 0 Å². The molecule has 0 spiro atoms. The molecule has 1 aliphatic rings. The van der Waals surface area contributed by atoms with Crippen LogP contribution in [0.1, 0.15) is 46.6 Å². The van der Waals surface area contributed by atoms with Gasteiger partial charge in [0.15, 0.2) is 0 Å². The topological polar surface area (TPSA) is 55.4 Å². The molecule has 0 saturated carbocycles. The fourth-order valence-corrected chi connectivity index (χ4v) is 5.15. The van der Waals surface area contributed by atoms with Crippen LogP contribution < -0.4 is 5.32 Å². The van der Waals surface area contributed by atoms with Crippen LogP contribution in [-0.4, -0.2) is 23.7 Å². The molecular formula is C20H23NO3S2. The van der Waals surface area contributed by atoms with Crippen LogP contribution in [0.2, 0.25) is 0 Å². The smallest absolute Gasteiger partial charge is 0.341 e. The van der Waals surface area contributed by atoms with Gasteiger partial charge in [0.1, 0.15) is 5.00 Å². The zero-order valence-corrected chi connectivity index (χ0v) is 16.9. The summed E-state index contributed by atoms with van der Waals surface area (Å²) in [5.41, 5.74) is 2.81. The van der Waals surface area contributed by atoms with Crippen molar-refractivity contribution in [1.82, 2.24) is 0 Å². The molecule has 1 aromatic carbocycles. The number of esters is 1. The van der Waals surface area contributed by atoms with E-state index in [1.54, 1.807) is 6.92 Å². The summed E-state index contributed by atoms with van der Waals surface area (Å²) in [4.78, 5) is 27.3. The molecule has 4 nitrogen and oxygen atoms in total. The predicted octanol–water partition coefficient (Wildman–Crippen LogP) is 4.84. The fourth-order valence-electron chi connectivity index (χ4n) is 3.00. The number of ether oxygens (including phenoxy) is 1. The number of thioether (sulfide) groups is 1. The van der Waals surface area contributed by atoms with E-state index in [4.69, 9.17) is 4.74 Å². The highest BCUT2D eigenvalue weighted by Gasteiger charge is 2.29. The number of nitrogens with one attached hydrogen (secondary N) is 1. The first-order valence-corrected chi connectivity index (χ1v) is 10.5. The Morgan fingerprint density at radius 1 is 1.27 bits per heavy atom. The second-order valence-electron chi connectivity index (χ2n) is 6.34. The highest BCUT2D eigenvalue weighted by molar-refractivity contribution is 8.00. The zero-order chi connectivity index (χ0) is 18.7. The van der Waals surface area contributed by atoms with Crippen molar-refractivity contribution in [3.63, 3.8) is 0 Å². The summed E-state index contributed by atoms with van der Waals surface area (Å²) in [6, 6.07) is 8.12. The number of fused-ring (bicyclic) bond motifs is 1. The predicted molar refractivity (Wildman–Crippen MR) is 107 cm³/mol. The van der Waals surface area contributed by atoms with Gasteiger partial charge in [0.25, 0.3) is 0 Å². The average molecular weight is 390 g/mol. The van der Waals surface area contributed by atoms with E-state index in [9.17, 15) is 9.59 Å². The second kappa shape index (κ2) is 8.27. The first-order chi connectivity index (χ1) is 12.5. The number of anilines is 1. The zero-order valence-electron chi connectivity index (χ0n) is 15.3. The van der Waals surface area contributed by atoms with Gasteiger partial charge in [-0.1, -0.05) is 17.7 Å². The molecule has 0 fully saturated rings. The average Bonchev–Trinajstić information content (AvgIpc) is 3.17. The second-order valence-corrected chi connectivity index (χ2v) is 8.86. The number of rotatable bonds is 6. The molecule has 2 aromatic rings. The van der Waals surface area contributed by atoms with E-state index in [-0.39, 0.29) is 17.1 Å².